The van der Waals surface area contributed by atoms with Gasteiger partial charge in [0.05, 0.1) is 6.61 Å². The van der Waals surface area contributed by atoms with E-state index < -0.39 is 11.9 Å². The maximum atomic E-state index is 13.2. The highest BCUT2D eigenvalue weighted by Crippen LogP contribution is 2.30. The highest BCUT2D eigenvalue weighted by molar-refractivity contribution is 5.90. The second kappa shape index (κ2) is 3.84. The zero-order valence-corrected chi connectivity index (χ0v) is 7.94. The van der Waals surface area contributed by atoms with E-state index in [4.69, 9.17) is 9.84 Å². The number of nitrogens with zero attached hydrogens (tertiary/aromatic N) is 1. The molecular weight excluding hydrogens is 201 g/mol. The standard InChI is InChI=1S/C10H10FNO3/c11-9-8(15-5-6-1-2-6)7(10(13)14)3-4-12-9/h3-4,6H,1-2,5H2,(H,13,14). The Balaban J connectivity index is 2.20. The van der Waals surface area contributed by atoms with Crippen LogP contribution in [0, 0.1) is 11.9 Å². The largest absolute Gasteiger partial charge is 0.488 e. The molecule has 0 atom stereocenters. The third-order valence-corrected chi connectivity index (χ3v) is 2.25. The molecule has 5 heteroatoms. The molecule has 4 nitrogen and oxygen atoms in total. The minimum absolute atomic E-state index is 0.178. The summed E-state index contributed by atoms with van der Waals surface area (Å²) in [6.07, 6.45) is 3.23. The third-order valence-electron chi connectivity index (χ3n) is 2.25. The van der Waals surface area contributed by atoms with Crippen LogP contribution < -0.4 is 4.74 Å². The lowest BCUT2D eigenvalue weighted by molar-refractivity contribution is 0.0690. The molecule has 0 amide bonds. The first-order valence-electron chi connectivity index (χ1n) is 4.69. The molecule has 1 aliphatic carbocycles. The van der Waals surface area contributed by atoms with Crippen molar-refractivity contribution in [1.29, 1.82) is 0 Å². The van der Waals surface area contributed by atoms with Crippen LogP contribution in [0.2, 0.25) is 0 Å². The molecule has 0 spiro atoms. The Kier molecular flexibility index (Phi) is 2.53. The van der Waals surface area contributed by atoms with Crippen LogP contribution in [0.4, 0.5) is 4.39 Å². The first-order chi connectivity index (χ1) is 7.18. The fraction of sp³-hybridized carbons (Fsp3) is 0.400. The van der Waals surface area contributed by atoms with Crippen molar-refractivity contribution in [1.82, 2.24) is 4.98 Å². The van der Waals surface area contributed by atoms with Crippen molar-refractivity contribution in [3.8, 4) is 5.75 Å². The predicted molar refractivity (Wildman–Crippen MR) is 49.4 cm³/mol. The number of carbonyl (C=O) groups is 1. The van der Waals surface area contributed by atoms with E-state index >= 15 is 0 Å². The molecule has 0 unspecified atom stereocenters. The summed E-state index contributed by atoms with van der Waals surface area (Å²) < 4.78 is 18.3. The Labute approximate surface area is 85.7 Å². The molecule has 1 aliphatic rings. The van der Waals surface area contributed by atoms with Crippen LogP contribution in [0.5, 0.6) is 5.75 Å². The van der Waals surface area contributed by atoms with E-state index in [1.54, 1.807) is 0 Å². The van der Waals surface area contributed by atoms with Crippen molar-refractivity contribution in [2.45, 2.75) is 12.8 Å². The van der Waals surface area contributed by atoms with Gasteiger partial charge in [-0.15, -0.1) is 0 Å². The molecule has 1 N–H and O–H groups in total. The molecule has 1 heterocycles. The number of aromatic carboxylic acids is 1. The Bertz CT molecular complexity index is 390. The number of aromatic nitrogens is 1. The second-order valence-corrected chi connectivity index (χ2v) is 3.54. The Hall–Kier alpha value is -1.65. The minimum atomic E-state index is -1.21. The van der Waals surface area contributed by atoms with E-state index in [0.29, 0.717) is 12.5 Å². The molecule has 0 aromatic carbocycles. The monoisotopic (exact) mass is 211 g/mol. The summed E-state index contributed by atoms with van der Waals surface area (Å²) in [7, 11) is 0. The van der Waals surface area contributed by atoms with Gasteiger partial charge in [-0.3, -0.25) is 0 Å². The lowest BCUT2D eigenvalue weighted by atomic mass is 10.2. The Morgan fingerprint density at radius 1 is 1.67 bits per heavy atom. The number of ether oxygens (including phenoxy) is 1. The first kappa shape index (κ1) is 9.89. The van der Waals surface area contributed by atoms with Crippen molar-refractivity contribution in [3.05, 3.63) is 23.8 Å². The second-order valence-electron chi connectivity index (χ2n) is 3.54. The lowest BCUT2D eigenvalue weighted by Crippen LogP contribution is -2.08. The molecule has 80 valence electrons. The number of carboxylic acids is 1. The summed E-state index contributed by atoms with van der Waals surface area (Å²) in [4.78, 5) is 14.1. The minimum Gasteiger partial charge on any atom is -0.488 e. The van der Waals surface area contributed by atoms with E-state index in [1.807, 2.05) is 0 Å². The summed E-state index contributed by atoms with van der Waals surface area (Å²) in [5, 5.41) is 8.80. The summed E-state index contributed by atoms with van der Waals surface area (Å²) >= 11 is 0. The van der Waals surface area contributed by atoms with E-state index in [1.165, 1.54) is 6.07 Å². The average molecular weight is 211 g/mol. The van der Waals surface area contributed by atoms with E-state index in [-0.39, 0.29) is 11.3 Å². The van der Waals surface area contributed by atoms with Crippen molar-refractivity contribution in [2.24, 2.45) is 5.92 Å². The topological polar surface area (TPSA) is 59.4 Å². The quantitative estimate of drug-likeness (QED) is 0.770. The molecule has 1 aromatic heterocycles. The predicted octanol–water partition coefficient (Wildman–Crippen LogP) is 1.71. The smallest absolute Gasteiger partial charge is 0.339 e. The number of carboxylic acid groups (broad SMARTS) is 1. The fourth-order valence-corrected chi connectivity index (χ4v) is 1.21. The van der Waals surface area contributed by atoms with Crippen LogP contribution in [0.3, 0.4) is 0 Å². The normalized spacial score (nSPS) is 15.0. The third kappa shape index (κ3) is 2.23. The van der Waals surface area contributed by atoms with Crippen molar-refractivity contribution in [3.63, 3.8) is 0 Å². The van der Waals surface area contributed by atoms with Crippen molar-refractivity contribution < 1.29 is 19.0 Å². The fourth-order valence-electron chi connectivity index (χ4n) is 1.21. The lowest BCUT2D eigenvalue weighted by Gasteiger charge is -2.08. The van der Waals surface area contributed by atoms with Gasteiger partial charge >= 0.3 is 5.97 Å². The van der Waals surface area contributed by atoms with Gasteiger partial charge in [-0.05, 0) is 24.8 Å². The van der Waals surface area contributed by atoms with E-state index in [0.717, 1.165) is 19.0 Å². The van der Waals surface area contributed by atoms with Gasteiger partial charge in [0, 0.05) is 6.20 Å². The van der Waals surface area contributed by atoms with Gasteiger partial charge in [0.15, 0.2) is 5.75 Å². The van der Waals surface area contributed by atoms with Crippen molar-refractivity contribution >= 4 is 5.97 Å². The summed E-state index contributed by atoms with van der Waals surface area (Å²) in [6.45, 7) is 0.364. The highest BCUT2D eigenvalue weighted by atomic mass is 19.1. The summed E-state index contributed by atoms with van der Waals surface area (Å²) in [5.74, 6) is -1.89. The molecule has 0 bridgehead atoms. The van der Waals surface area contributed by atoms with Gasteiger partial charge in [-0.25, -0.2) is 9.78 Å². The zero-order valence-electron chi connectivity index (χ0n) is 7.94. The van der Waals surface area contributed by atoms with Crippen LogP contribution in [0.25, 0.3) is 0 Å². The maximum Gasteiger partial charge on any atom is 0.339 e. The Morgan fingerprint density at radius 3 is 3.00 bits per heavy atom. The van der Waals surface area contributed by atoms with Crippen LogP contribution in [-0.2, 0) is 0 Å². The van der Waals surface area contributed by atoms with Crippen LogP contribution in [0.15, 0.2) is 12.3 Å². The molecule has 0 radical (unpaired) electrons. The Morgan fingerprint density at radius 2 is 2.40 bits per heavy atom. The molecular formula is C10H10FNO3. The molecule has 1 fully saturated rings. The average Bonchev–Trinajstić information content (AvgIpc) is 2.99. The first-order valence-corrected chi connectivity index (χ1v) is 4.69. The number of halogens is 1. The number of hydrogen-bond acceptors (Lipinski definition) is 3. The summed E-state index contributed by atoms with van der Waals surface area (Å²) in [5.41, 5.74) is -0.178. The van der Waals surface area contributed by atoms with Gasteiger partial charge in [-0.2, -0.15) is 4.39 Å². The van der Waals surface area contributed by atoms with Crippen molar-refractivity contribution in [2.75, 3.05) is 6.61 Å². The molecule has 1 aromatic rings. The molecule has 2 rings (SSSR count). The van der Waals surface area contributed by atoms with E-state index in [2.05, 4.69) is 4.98 Å². The number of hydrogen-bond donors (Lipinski definition) is 1. The molecule has 0 aliphatic heterocycles. The molecule has 0 saturated heterocycles. The van der Waals surface area contributed by atoms with Gasteiger partial charge in [0.25, 0.3) is 5.95 Å². The van der Waals surface area contributed by atoms with Crippen LogP contribution >= 0.6 is 0 Å². The van der Waals surface area contributed by atoms with Crippen LogP contribution in [0.1, 0.15) is 23.2 Å². The zero-order chi connectivity index (χ0) is 10.8. The number of pyridine rings is 1. The van der Waals surface area contributed by atoms with Gasteiger partial charge < -0.3 is 9.84 Å². The van der Waals surface area contributed by atoms with Crippen LogP contribution in [-0.4, -0.2) is 22.7 Å². The SMILES string of the molecule is O=C(O)c1ccnc(F)c1OCC1CC1. The number of rotatable bonds is 4. The highest BCUT2D eigenvalue weighted by Gasteiger charge is 2.24. The maximum absolute atomic E-state index is 13.2. The van der Waals surface area contributed by atoms with E-state index in [9.17, 15) is 9.18 Å². The van der Waals surface area contributed by atoms with Gasteiger partial charge in [-0.1, -0.05) is 0 Å². The summed E-state index contributed by atoms with van der Waals surface area (Å²) in [6, 6.07) is 1.23. The van der Waals surface area contributed by atoms with Gasteiger partial charge in [0.1, 0.15) is 5.56 Å². The molecule has 15 heavy (non-hydrogen) atoms. The molecule has 1 saturated carbocycles. The van der Waals surface area contributed by atoms with Gasteiger partial charge in [0.2, 0.25) is 0 Å².